The van der Waals surface area contributed by atoms with Gasteiger partial charge in [-0.25, -0.2) is 4.79 Å². The van der Waals surface area contributed by atoms with Gasteiger partial charge in [-0.3, -0.25) is 0 Å². The van der Waals surface area contributed by atoms with Gasteiger partial charge in [-0.05, 0) is 62.5 Å². The van der Waals surface area contributed by atoms with Gasteiger partial charge in [-0.1, -0.05) is 23.7 Å². The van der Waals surface area contributed by atoms with Crippen LogP contribution < -0.4 is 9.47 Å². The summed E-state index contributed by atoms with van der Waals surface area (Å²) in [5.74, 6) is 1.38. The van der Waals surface area contributed by atoms with Gasteiger partial charge in [0.15, 0.2) is 0 Å². The van der Waals surface area contributed by atoms with Gasteiger partial charge in [-0.15, -0.1) is 12.4 Å². The maximum absolute atomic E-state index is 11.8. The number of nitrogens with zero attached hydrogens (tertiary/aromatic N) is 2. The molecular formula is C21H28Cl2N2O3. The predicted octanol–water partition coefficient (Wildman–Crippen LogP) is 5.20. The molecule has 0 aliphatic heterocycles. The summed E-state index contributed by atoms with van der Waals surface area (Å²) in [6, 6.07) is 13.5. The summed E-state index contributed by atoms with van der Waals surface area (Å²) >= 11 is 5.90. The van der Waals surface area contributed by atoms with Crippen LogP contribution in [0.1, 0.15) is 23.6 Å². The lowest BCUT2D eigenvalue weighted by molar-refractivity contribution is 0.171. The van der Waals surface area contributed by atoms with Crippen molar-refractivity contribution in [1.82, 2.24) is 9.80 Å². The molecular weight excluding hydrogens is 399 g/mol. The van der Waals surface area contributed by atoms with E-state index >= 15 is 0 Å². The van der Waals surface area contributed by atoms with Crippen LogP contribution in [0.25, 0.3) is 0 Å². The molecule has 2 aromatic rings. The van der Waals surface area contributed by atoms with E-state index < -0.39 is 0 Å². The van der Waals surface area contributed by atoms with Crippen molar-refractivity contribution in [3.63, 3.8) is 0 Å². The Labute approximate surface area is 178 Å². The lowest BCUT2D eigenvalue weighted by Crippen LogP contribution is -2.25. The summed E-state index contributed by atoms with van der Waals surface area (Å²) in [6.07, 6.45) is 0.442. The number of aryl methyl sites for hydroxylation is 1. The van der Waals surface area contributed by atoms with E-state index in [2.05, 4.69) is 11.0 Å². The lowest BCUT2D eigenvalue weighted by atomic mass is 10.0. The molecule has 0 heterocycles. The fourth-order valence-corrected chi connectivity index (χ4v) is 2.85. The fraction of sp³-hybridized carbons (Fsp3) is 0.381. The molecule has 1 amide bonds. The first-order chi connectivity index (χ1) is 12.8. The zero-order valence-electron chi connectivity index (χ0n) is 16.9. The average molecular weight is 427 g/mol. The second-order valence-corrected chi connectivity index (χ2v) is 7.29. The van der Waals surface area contributed by atoms with Gasteiger partial charge < -0.3 is 19.3 Å². The summed E-state index contributed by atoms with van der Waals surface area (Å²) < 4.78 is 11.2. The zero-order valence-corrected chi connectivity index (χ0v) is 18.5. The molecule has 7 heteroatoms. The summed E-state index contributed by atoms with van der Waals surface area (Å²) in [5.41, 5.74) is 2.08. The van der Waals surface area contributed by atoms with Crippen molar-refractivity contribution in [1.29, 1.82) is 0 Å². The first-order valence-electron chi connectivity index (χ1n) is 8.82. The van der Waals surface area contributed by atoms with Crippen molar-refractivity contribution in [3.05, 3.63) is 58.6 Å². The lowest BCUT2D eigenvalue weighted by Gasteiger charge is -2.25. The molecule has 0 fully saturated rings. The van der Waals surface area contributed by atoms with Gasteiger partial charge in [-0.2, -0.15) is 0 Å². The summed E-state index contributed by atoms with van der Waals surface area (Å²) in [6.45, 7) is 2.53. The molecule has 2 aromatic carbocycles. The highest BCUT2D eigenvalue weighted by atomic mass is 35.5. The maximum Gasteiger partial charge on any atom is 0.414 e. The van der Waals surface area contributed by atoms with E-state index in [0.717, 1.165) is 23.3 Å². The smallest absolute Gasteiger partial charge is 0.414 e. The van der Waals surface area contributed by atoms with E-state index in [1.165, 1.54) is 4.90 Å². The van der Waals surface area contributed by atoms with Crippen molar-refractivity contribution in [3.8, 4) is 11.5 Å². The highest BCUT2D eigenvalue weighted by Crippen LogP contribution is 2.28. The minimum Gasteiger partial charge on any atom is -0.494 e. The molecule has 0 aliphatic rings. The van der Waals surface area contributed by atoms with E-state index in [9.17, 15) is 4.79 Å². The number of rotatable bonds is 7. The highest BCUT2D eigenvalue weighted by Gasteiger charge is 2.17. The van der Waals surface area contributed by atoms with Crippen LogP contribution in [0.2, 0.25) is 5.02 Å². The fourth-order valence-electron chi connectivity index (χ4n) is 2.72. The molecule has 0 radical (unpaired) electrons. The molecule has 2 rings (SSSR count). The second kappa shape index (κ2) is 11.1. The molecule has 0 spiro atoms. The van der Waals surface area contributed by atoms with E-state index in [0.29, 0.717) is 17.4 Å². The average Bonchev–Trinajstić information content (AvgIpc) is 2.61. The summed E-state index contributed by atoms with van der Waals surface area (Å²) in [5, 5.41) is 0.694. The van der Waals surface area contributed by atoms with Crippen molar-refractivity contribution < 1.29 is 14.3 Å². The topological polar surface area (TPSA) is 42.0 Å². The number of hydrogen-bond acceptors (Lipinski definition) is 4. The molecule has 0 aromatic heterocycles. The van der Waals surface area contributed by atoms with Gasteiger partial charge in [0.2, 0.25) is 0 Å². The molecule has 154 valence electrons. The van der Waals surface area contributed by atoms with Crippen LogP contribution >= 0.6 is 24.0 Å². The van der Waals surface area contributed by atoms with E-state index in [-0.39, 0.29) is 24.5 Å². The Bertz CT molecular complexity index is 765. The third kappa shape index (κ3) is 6.89. The minimum atomic E-state index is -0.383. The van der Waals surface area contributed by atoms with Crippen LogP contribution in [0.3, 0.4) is 0 Å². The molecule has 0 saturated carbocycles. The van der Waals surface area contributed by atoms with E-state index in [1.807, 2.05) is 57.4 Å². The molecule has 0 bridgehead atoms. The number of ether oxygens (including phenoxy) is 2. The number of benzene rings is 2. The van der Waals surface area contributed by atoms with Crippen molar-refractivity contribution in [2.75, 3.05) is 34.8 Å². The van der Waals surface area contributed by atoms with Crippen LogP contribution in [0.15, 0.2) is 42.5 Å². The number of carbonyl (C=O) groups is 1. The Morgan fingerprint density at radius 1 is 1.07 bits per heavy atom. The normalized spacial score (nSPS) is 11.5. The van der Waals surface area contributed by atoms with Gasteiger partial charge in [0.05, 0.1) is 6.61 Å². The standard InChI is InChI=1S/C21H27ClN2O3.ClH/c1-15-14-16(6-11-20(15)27-21(25)24(4)5)19(23(2)3)12-13-26-18-9-7-17(22)8-10-18;/h6-11,14,19H,12-13H2,1-5H3;1H. The van der Waals surface area contributed by atoms with Gasteiger partial charge in [0.1, 0.15) is 11.5 Å². The Hall–Kier alpha value is -1.95. The SMILES string of the molecule is Cc1cc(C(CCOc2ccc(Cl)cc2)N(C)C)ccc1OC(=O)N(C)C.Cl. The van der Waals surface area contributed by atoms with Crippen molar-refractivity contribution in [2.24, 2.45) is 0 Å². The summed E-state index contributed by atoms with van der Waals surface area (Å²) in [4.78, 5) is 15.3. The molecule has 0 saturated heterocycles. The quantitative estimate of drug-likeness (QED) is 0.609. The van der Waals surface area contributed by atoms with Crippen LogP contribution in [-0.4, -0.2) is 50.7 Å². The third-order valence-corrected chi connectivity index (χ3v) is 4.50. The van der Waals surface area contributed by atoms with E-state index in [1.54, 1.807) is 14.1 Å². The number of hydrogen-bond donors (Lipinski definition) is 0. The molecule has 0 N–H and O–H groups in total. The Morgan fingerprint density at radius 3 is 2.25 bits per heavy atom. The Kier molecular flexibility index (Phi) is 9.59. The number of carbonyl (C=O) groups excluding carboxylic acids is 1. The molecule has 0 aliphatic carbocycles. The Balaban J connectivity index is 0.00000392. The van der Waals surface area contributed by atoms with Crippen molar-refractivity contribution >= 4 is 30.1 Å². The van der Waals surface area contributed by atoms with E-state index in [4.69, 9.17) is 21.1 Å². The molecule has 1 atom stereocenters. The minimum absolute atomic E-state index is 0. The largest absolute Gasteiger partial charge is 0.494 e. The number of amides is 1. The highest BCUT2D eigenvalue weighted by molar-refractivity contribution is 6.30. The third-order valence-electron chi connectivity index (χ3n) is 4.24. The first kappa shape index (κ1) is 24.1. The van der Waals surface area contributed by atoms with Gasteiger partial charge >= 0.3 is 6.09 Å². The second-order valence-electron chi connectivity index (χ2n) is 6.86. The van der Waals surface area contributed by atoms with Crippen LogP contribution in [0.4, 0.5) is 4.79 Å². The van der Waals surface area contributed by atoms with Crippen LogP contribution in [-0.2, 0) is 0 Å². The van der Waals surface area contributed by atoms with Crippen molar-refractivity contribution in [2.45, 2.75) is 19.4 Å². The molecule has 1 unspecified atom stereocenters. The zero-order chi connectivity index (χ0) is 20.0. The van der Waals surface area contributed by atoms with Gasteiger partial charge in [0, 0.05) is 31.6 Å². The maximum atomic E-state index is 11.8. The predicted molar refractivity (Wildman–Crippen MR) is 116 cm³/mol. The van der Waals surface area contributed by atoms with Crippen LogP contribution in [0.5, 0.6) is 11.5 Å². The monoisotopic (exact) mass is 426 g/mol. The first-order valence-corrected chi connectivity index (χ1v) is 9.20. The summed E-state index contributed by atoms with van der Waals surface area (Å²) in [7, 11) is 7.41. The van der Waals surface area contributed by atoms with Gasteiger partial charge in [0.25, 0.3) is 0 Å². The van der Waals surface area contributed by atoms with Crippen LogP contribution in [0, 0.1) is 6.92 Å². The molecule has 5 nitrogen and oxygen atoms in total. The molecule has 28 heavy (non-hydrogen) atoms. The number of halogens is 2. The Morgan fingerprint density at radius 2 is 1.71 bits per heavy atom.